The molecule has 0 unspecified atom stereocenters. The maximum atomic E-state index is 12.9. The molecule has 1 aliphatic rings. The molecule has 2 rings (SSSR count). The first-order valence-electron chi connectivity index (χ1n) is 6.94. The lowest BCUT2D eigenvalue weighted by molar-refractivity contribution is -0.124. The van der Waals surface area contributed by atoms with Crippen LogP contribution < -0.4 is 10.2 Å². The fourth-order valence-corrected chi connectivity index (χ4v) is 2.35. The highest BCUT2D eigenvalue weighted by atomic mass is 19.4. The molecule has 0 amide bonds. The number of nitrogens with zero attached hydrogens (tertiary/aromatic N) is 2. The van der Waals surface area contributed by atoms with E-state index in [0.717, 1.165) is 31.9 Å². The Kier molecular flexibility index (Phi) is 5.41. The van der Waals surface area contributed by atoms with Gasteiger partial charge in [0.15, 0.2) is 0 Å². The second-order valence-electron chi connectivity index (χ2n) is 5.10. The van der Waals surface area contributed by atoms with Crippen molar-refractivity contribution < 1.29 is 17.6 Å². The Bertz CT molecular complexity index is 425. The van der Waals surface area contributed by atoms with Crippen LogP contribution in [-0.4, -0.2) is 56.9 Å². The zero-order valence-electron chi connectivity index (χ0n) is 11.7. The molecule has 1 aliphatic heterocycles. The van der Waals surface area contributed by atoms with E-state index in [4.69, 9.17) is 0 Å². The Morgan fingerprint density at radius 1 is 1.00 bits per heavy atom. The van der Waals surface area contributed by atoms with Crippen molar-refractivity contribution in [2.45, 2.75) is 6.18 Å². The summed E-state index contributed by atoms with van der Waals surface area (Å²) in [4.78, 5) is 4.28. The molecule has 1 aromatic carbocycles. The smallest absolute Gasteiger partial charge is 0.369 e. The summed E-state index contributed by atoms with van der Waals surface area (Å²) in [6, 6.07) is 6.36. The molecule has 7 heteroatoms. The summed E-state index contributed by atoms with van der Waals surface area (Å²) in [6.07, 6.45) is -4.15. The number of nitrogens with one attached hydrogen (secondary N) is 1. The van der Waals surface area contributed by atoms with Crippen LogP contribution in [0.5, 0.6) is 0 Å². The largest absolute Gasteiger partial charge is 0.401 e. The lowest BCUT2D eigenvalue weighted by atomic mass is 10.2. The highest BCUT2D eigenvalue weighted by Crippen LogP contribution is 2.16. The molecule has 0 bridgehead atoms. The molecule has 1 heterocycles. The Balaban J connectivity index is 1.67. The van der Waals surface area contributed by atoms with Crippen molar-refractivity contribution in [3.05, 3.63) is 30.1 Å². The maximum absolute atomic E-state index is 12.9. The van der Waals surface area contributed by atoms with Gasteiger partial charge in [-0.05, 0) is 24.3 Å². The zero-order chi connectivity index (χ0) is 15.3. The Labute approximate surface area is 121 Å². The van der Waals surface area contributed by atoms with Crippen LogP contribution in [0.25, 0.3) is 0 Å². The highest BCUT2D eigenvalue weighted by Gasteiger charge is 2.26. The summed E-state index contributed by atoms with van der Waals surface area (Å²) in [5, 5.41) is 2.40. The zero-order valence-corrected chi connectivity index (χ0v) is 11.7. The predicted octanol–water partition coefficient (Wildman–Crippen LogP) is 2.10. The fraction of sp³-hybridized carbons (Fsp3) is 0.571. The summed E-state index contributed by atoms with van der Waals surface area (Å²) < 4.78 is 48.8. The minimum atomic E-state index is -4.15. The topological polar surface area (TPSA) is 18.5 Å². The minimum absolute atomic E-state index is 0.256. The predicted molar refractivity (Wildman–Crippen MR) is 74.0 cm³/mol. The van der Waals surface area contributed by atoms with E-state index < -0.39 is 12.7 Å². The number of benzene rings is 1. The first kappa shape index (κ1) is 16.0. The second kappa shape index (κ2) is 7.09. The summed E-state index contributed by atoms with van der Waals surface area (Å²) in [5.74, 6) is -0.256. The quantitative estimate of drug-likeness (QED) is 0.664. The van der Waals surface area contributed by atoms with Crippen LogP contribution in [0.2, 0.25) is 0 Å². The third kappa shape index (κ3) is 5.51. The highest BCUT2D eigenvalue weighted by molar-refractivity contribution is 5.46. The van der Waals surface area contributed by atoms with E-state index in [9.17, 15) is 17.6 Å². The van der Waals surface area contributed by atoms with Gasteiger partial charge in [-0.2, -0.15) is 13.2 Å². The van der Waals surface area contributed by atoms with Gasteiger partial charge in [0.1, 0.15) is 5.82 Å². The molecule has 0 atom stereocenters. The molecular weight excluding hydrogens is 286 g/mol. The van der Waals surface area contributed by atoms with Crippen LogP contribution in [0.3, 0.4) is 0 Å². The van der Waals surface area contributed by atoms with Crippen molar-refractivity contribution in [1.29, 1.82) is 0 Å². The van der Waals surface area contributed by atoms with Crippen LogP contribution in [-0.2, 0) is 0 Å². The lowest BCUT2D eigenvalue weighted by Crippen LogP contribution is -2.48. The van der Waals surface area contributed by atoms with Crippen LogP contribution >= 0.6 is 0 Å². The molecule has 0 spiro atoms. The van der Waals surface area contributed by atoms with Gasteiger partial charge in [0, 0.05) is 45.0 Å². The van der Waals surface area contributed by atoms with Gasteiger partial charge in [-0.3, -0.25) is 4.90 Å². The van der Waals surface area contributed by atoms with Crippen molar-refractivity contribution in [3.8, 4) is 0 Å². The van der Waals surface area contributed by atoms with Gasteiger partial charge in [0.05, 0.1) is 6.54 Å². The molecule has 0 aromatic heterocycles. The fourth-order valence-electron chi connectivity index (χ4n) is 2.35. The number of hydrogen-bond acceptors (Lipinski definition) is 3. The molecule has 1 N–H and O–H groups in total. The van der Waals surface area contributed by atoms with E-state index in [1.54, 1.807) is 12.1 Å². The first-order chi connectivity index (χ1) is 9.94. The van der Waals surface area contributed by atoms with Crippen LogP contribution in [0, 0.1) is 5.82 Å². The van der Waals surface area contributed by atoms with Gasteiger partial charge in [-0.1, -0.05) is 0 Å². The van der Waals surface area contributed by atoms with E-state index in [1.807, 2.05) is 0 Å². The number of halogens is 4. The molecule has 0 saturated carbocycles. The number of anilines is 1. The third-order valence-electron chi connectivity index (χ3n) is 3.49. The van der Waals surface area contributed by atoms with Gasteiger partial charge in [-0.25, -0.2) is 4.39 Å². The van der Waals surface area contributed by atoms with E-state index in [0.29, 0.717) is 13.1 Å². The summed E-state index contributed by atoms with van der Waals surface area (Å²) in [5.41, 5.74) is 0.978. The summed E-state index contributed by atoms with van der Waals surface area (Å²) in [6.45, 7) is 3.18. The van der Waals surface area contributed by atoms with Gasteiger partial charge in [-0.15, -0.1) is 0 Å². The van der Waals surface area contributed by atoms with Gasteiger partial charge in [0.25, 0.3) is 0 Å². The average Bonchev–Trinajstić information content (AvgIpc) is 2.44. The van der Waals surface area contributed by atoms with E-state index >= 15 is 0 Å². The molecule has 3 nitrogen and oxygen atoms in total. The minimum Gasteiger partial charge on any atom is -0.369 e. The first-order valence-corrected chi connectivity index (χ1v) is 6.94. The van der Waals surface area contributed by atoms with Crippen molar-refractivity contribution in [1.82, 2.24) is 10.2 Å². The number of rotatable bonds is 5. The van der Waals surface area contributed by atoms with E-state index in [-0.39, 0.29) is 5.82 Å². The summed E-state index contributed by atoms with van der Waals surface area (Å²) in [7, 11) is 0. The lowest BCUT2D eigenvalue weighted by Gasteiger charge is -2.36. The maximum Gasteiger partial charge on any atom is 0.401 e. The molecule has 0 radical (unpaired) electrons. The van der Waals surface area contributed by atoms with Gasteiger partial charge >= 0.3 is 6.18 Å². The van der Waals surface area contributed by atoms with E-state index in [2.05, 4.69) is 15.1 Å². The molecule has 118 valence electrons. The molecule has 1 saturated heterocycles. The van der Waals surface area contributed by atoms with Crippen molar-refractivity contribution >= 4 is 5.69 Å². The average molecular weight is 305 g/mol. The van der Waals surface area contributed by atoms with Crippen LogP contribution in [0.1, 0.15) is 0 Å². The monoisotopic (exact) mass is 305 g/mol. The number of alkyl halides is 3. The summed E-state index contributed by atoms with van der Waals surface area (Å²) >= 11 is 0. The molecular formula is C14H19F4N3. The molecule has 21 heavy (non-hydrogen) atoms. The number of piperazine rings is 1. The number of hydrogen-bond donors (Lipinski definition) is 1. The molecule has 1 aromatic rings. The van der Waals surface area contributed by atoms with Crippen LogP contribution in [0.4, 0.5) is 23.2 Å². The molecule has 1 fully saturated rings. The van der Waals surface area contributed by atoms with Crippen molar-refractivity contribution in [3.63, 3.8) is 0 Å². The van der Waals surface area contributed by atoms with E-state index in [1.165, 1.54) is 12.1 Å². The normalized spacial score (nSPS) is 17.2. The third-order valence-corrected chi connectivity index (χ3v) is 3.49. The van der Waals surface area contributed by atoms with Crippen molar-refractivity contribution in [2.24, 2.45) is 0 Å². The second-order valence-corrected chi connectivity index (χ2v) is 5.10. The molecule has 0 aliphatic carbocycles. The van der Waals surface area contributed by atoms with Crippen LogP contribution in [0.15, 0.2) is 24.3 Å². The SMILES string of the molecule is Fc1ccc(N2CCN(CCNCC(F)(F)F)CC2)cc1. The van der Waals surface area contributed by atoms with Gasteiger partial charge < -0.3 is 10.2 Å². The van der Waals surface area contributed by atoms with Gasteiger partial charge in [0.2, 0.25) is 0 Å². The Morgan fingerprint density at radius 3 is 2.19 bits per heavy atom. The Hall–Kier alpha value is -1.34. The van der Waals surface area contributed by atoms with Crippen molar-refractivity contribution in [2.75, 3.05) is 50.7 Å². The standard InChI is InChI=1S/C14H19F4N3/c15-12-1-3-13(4-2-12)21-9-7-20(8-10-21)6-5-19-11-14(16,17)18/h1-4,19H,5-11H2. The Morgan fingerprint density at radius 2 is 1.62 bits per heavy atom.